The Bertz CT molecular complexity index is 835. The number of rotatable bonds is 41. The molecule has 11 heteroatoms. The number of nitrogens with one attached hydrogen (secondary N) is 1. The fourth-order valence-electron chi connectivity index (χ4n) is 5.53. The summed E-state index contributed by atoms with van der Waals surface area (Å²) in [7, 11) is 0. The number of hydrogen-bond acceptors (Lipinski definition) is 10. The van der Waals surface area contributed by atoms with Crippen LogP contribution in [-0.2, 0) is 38.1 Å². The summed E-state index contributed by atoms with van der Waals surface area (Å²) in [5.74, 6) is -1.80. The number of unbranched alkanes of at least 4 members (excludes halogenated alkanes) is 13. The Morgan fingerprint density at radius 1 is 0.558 bits per heavy atom. The van der Waals surface area contributed by atoms with Gasteiger partial charge in [0.25, 0.3) is 0 Å². The standard InChI is InChI=1S/C41H78N2O9/c1-4-7-10-11-12-13-14-15-16-17-18-19-20-21-22-24-39(44)51-35-33-49-31-29-48-30-32-50-34-36-52-40(45)37-38(41(46)47)42-25-23-28-43(26-8-5-2)27-9-6-3/h15-16,38,42H,4-14,17-37H2,1-3H3,(H,46,47)/b16-15-. The molecule has 0 rings (SSSR count). The van der Waals surface area contributed by atoms with Crippen LogP contribution in [0.1, 0.15) is 149 Å². The predicted octanol–water partition coefficient (Wildman–Crippen LogP) is 7.89. The van der Waals surface area contributed by atoms with Crippen molar-refractivity contribution in [2.24, 2.45) is 0 Å². The summed E-state index contributed by atoms with van der Waals surface area (Å²) in [6.45, 7) is 12.5. The van der Waals surface area contributed by atoms with Crippen molar-refractivity contribution in [2.75, 3.05) is 79.0 Å². The number of carbonyl (C=O) groups excluding carboxylic acids is 2. The van der Waals surface area contributed by atoms with Gasteiger partial charge < -0.3 is 39.0 Å². The molecule has 0 bridgehead atoms. The van der Waals surface area contributed by atoms with Crippen LogP contribution in [0.15, 0.2) is 12.2 Å². The Labute approximate surface area is 317 Å². The SMILES string of the molecule is CCCCCCCC/C=C\CCCCCCCC(=O)OCCOCCOCCOCCOC(=O)CC(NCCCN(CCCC)CCCC)C(=O)O. The van der Waals surface area contributed by atoms with Gasteiger partial charge in [-0.3, -0.25) is 14.4 Å². The fourth-order valence-corrected chi connectivity index (χ4v) is 5.53. The average molecular weight is 743 g/mol. The van der Waals surface area contributed by atoms with E-state index >= 15 is 0 Å². The molecule has 0 radical (unpaired) electrons. The van der Waals surface area contributed by atoms with Gasteiger partial charge in [0.15, 0.2) is 0 Å². The first-order chi connectivity index (χ1) is 25.4. The number of carboxylic acids is 1. The number of ether oxygens (including phenoxy) is 5. The Morgan fingerprint density at radius 2 is 1.00 bits per heavy atom. The quantitative estimate of drug-likeness (QED) is 0.0360. The molecule has 0 aromatic carbocycles. The number of hydrogen-bond donors (Lipinski definition) is 2. The molecule has 0 spiro atoms. The summed E-state index contributed by atoms with van der Waals surface area (Å²) >= 11 is 0. The highest BCUT2D eigenvalue weighted by atomic mass is 16.6. The summed E-state index contributed by atoms with van der Waals surface area (Å²) in [5.41, 5.74) is 0. The zero-order valence-electron chi connectivity index (χ0n) is 33.5. The first kappa shape index (κ1) is 49.9. The topological polar surface area (TPSA) is 133 Å². The highest BCUT2D eigenvalue weighted by Crippen LogP contribution is 2.10. The van der Waals surface area contributed by atoms with Gasteiger partial charge in [0, 0.05) is 6.42 Å². The van der Waals surface area contributed by atoms with Gasteiger partial charge in [-0.1, -0.05) is 97.1 Å². The van der Waals surface area contributed by atoms with E-state index in [1.165, 1.54) is 57.8 Å². The van der Waals surface area contributed by atoms with E-state index in [1.54, 1.807) is 0 Å². The molecule has 0 aromatic heterocycles. The molecule has 0 aromatic rings. The number of carbonyl (C=O) groups is 3. The summed E-state index contributed by atoms with van der Waals surface area (Å²) in [4.78, 5) is 38.1. The average Bonchev–Trinajstić information content (AvgIpc) is 3.13. The van der Waals surface area contributed by atoms with Crippen molar-refractivity contribution >= 4 is 17.9 Å². The van der Waals surface area contributed by atoms with E-state index in [9.17, 15) is 19.5 Å². The van der Waals surface area contributed by atoms with E-state index in [1.807, 2.05) is 0 Å². The lowest BCUT2D eigenvalue weighted by molar-refractivity contribution is -0.150. The number of aliphatic carboxylic acids is 1. The molecule has 1 atom stereocenters. The number of esters is 2. The van der Waals surface area contributed by atoms with Crippen LogP contribution in [0.3, 0.4) is 0 Å². The van der Waals surface area contributed by atoms with Crippen LogP contribution in [-0.4, -0.2) is 113 Å². The van der Waals surface area contributed by atoms with Crippen LogP contribution in [0.25, 0.3) is 0 Å². The molecule has 11 nitrogen and oxygen atoms in total. The van der Waals surface area contributed by atoms with Crippen molar-refractivity contribution in [2.45, 2.75) is 155 Å². The Kier molecular flexibility index (Phi) is 38.6. The second kappa shape index (κ2) is 40.1. The minimum atomic E-state index is -1.06. The molecule has 0 heterocycles. The van der Waals surface area contributed by atoms with Crippen molar-refractivity contribution < 1.29 is 43.2 Å². The van der Waals surface area contributed by atoms with E-state index in [-0.39, 0.29) is 32.2 Å². The number of allylic oxidation sites excluding steroid dienone is 2. The van der Waals surface area contributed by atoms with Crippen LogP contribution >= 0.6 is 0 Å². The van der Waals surface area contributed by atoms with Gasteiger partial charge in [-0.2, -0.15) is 0 Å². The molecular weight excluding hydrogens is 664 g/mol. The molecule has 52 heavy (non-hydrogen) atoms. The van der Waals surface area contributed by atoms with E-state index < -0.39 is 18.0 Å². The minimum absolute atomic E-state index is 0.0497. The molecule has 0 saturated carbocycles. The second-order valence-corrected chi connectivity index (χ2v) is 13.6. The van der Waals surface area contributed by atoms with Crippen molar-refractivity contribution in [3.63, 3.8) is 0 Å². The van der Waals surface area contributed by atoms with E-state index in [0.29, 0.717) is 46.0 Å². The molecule has 0 saturated heterocycles. The molecule has 0 aliphatic rings. The highest BCUT2D eigenvalue weighted by molar-refractivity contribution is 5.81. The highest BCUT2D eigenvalue weighted by Gasteiger charge is 2.21. The van der Waals surface area contributed by atoms with Crippen molar-refractivity contribution in [1.82, 2.24) is 10.2 Å². The largest absolute Gasteiger partial charge is 0.480 e. The van der Waals surface area contributed by atoms with Crippen LogP contribution in [0, 0.1) is 0 Å². The van der Waals surface area contributed by atoms with Crippen molar-refractivity contribution in [3.05, 3.63) is 12.2 Å². The molecule has 306 valence electrons. The number of carboxylic acid groups (broad SMARTS) is 1. The Balaban J connectivity index is 3.58. The van der Waals surface area contributed by atoms with Gasteiger partial charge in [0.2, 0.25) is 0 Å². The zero-order chi connectivity index (χ0) is 38.2. The lowest BCUT2D eigenvalue weighted by Crippen LogP contribution is -2.40. The maximum atomic E-state index is 12.1. The molecule has 0 aliphatic heterocycles. The Morgan fingerprint density at radius 3 is 1.52 bits per heavy atom. The van der Waals surface area contributed by atoms with Crippen LogP contribution < -0.4 is 5.32 Å². The summed E-state index contributed by atoms with van der Waals surface area (Å²) < 4.78 is 26.7. The van der Waals surface area contributed by atoms with Crippen LogP contribution in [0.2, 0.25) is 0 Å². The summed E-state index contributed by atoms with van der Waals surface area (Å²) in [5, 5.41) is 12.5. The third kappa shape index (κ3) is 36.3. The van der Waals surface area contributed by atoms with E-state index in [2.05, 4.69) is 43.1 Å². The Hall–Kier alpha value is -2.05. The molecule has 0 aliphatic carbocycles. The zero-order valence-corrected chi connectivity index (χ0v) is 33.5. The first-order valence-corrected chi connectivity index (χ1v) is 20.8. The van der Waals surface area contributed by atoms with Crippen LogP contribution in [0.5, 0.6) is 0 Å². The molecular formula is C41H78N2O9. The third-order valence-corrected chi connectivity index (χ3v) is 8.73. The maximum Gasteiger partial charge on any atom is 0.321 e. The molecule has 1 unspecified atom stereocenters. The maximum absolute atomic E-state index is 12.1. The van der Waals surface area contributed by atoms with Crippen molar-refractivity contribution in [1.29, 1.82) is 0 Å². The van der Waals surface area contributed by atoms with E-state index in [0.717, 1.165) is 77.4 Å². The monoisotopic (exact) mass is 743 g/mol. The lowest BCUT2D eigenvalue weighted by Gasteiger charge is -2.22. The summed E-state index contributed by atoms with van der Waals surface area (Å²) in [6.07, 6.45) is 26.3. The second-order valence-electron chi connectivity index (χ2n) is 13.6. The van der Waals surface area contributed by atoms with E-state index in [4.69, 9.17) is 23.7 Å². The smallest absolute Gasteiger partial charge is 0.321 e. The van der Waals surface area contributed by atoms with Gasteiger partial charge in [0.1, 0.15) is 19.3 Å². The van der Waals surface area contributed by atoms with Gasteiger partial charge in [-0.05, 0) is 77.5 Å². The molecule has 2 N–H and O–H groups in total. The minimum Gasteiger partial charge on any atom is -0.480 e. The van der Waals surface area contributed by atoms with Gasteiger partial charge >= 0.3 is 17.9 Å². The predicted molar refractivity (Wildman–Crippen MR) is 209 cm³/mol. The van der Waals surface area contributed by atoms with Gasteiger partial charge in [-0.15, -0.1) is 0 Å². The summed E-state index contributed by atoms with van der Waals surface area (Å²) in [6, 6.07) is -0.974. The van der Waals surface area contributed by atoms with Crippen LogP contribution in [0.4, 0.5) is 0 Å². The third-order valence-electron chi connectivity index (χ3n) is 8.73. The van der Waals surface area contributed by atoms with Crippen molar-refractivity contribution in [3.8, 4) is 0 Å². The normalized spacial score (nSPS) is 12.2. The first-order valence-electron chi connectivity index (χ1n) is 20.8. The number of nitrogens with zero attached hydrogens (tertiary/aromatic N) is 1. The van der Waals surface area contributed by atoms with Gasteiger partial charge in [0.05, 0.1) is 46.1 Å². The van der Waals surface area contributed by atoms with Gasteiger partial charge in [-0.25, -0.2) is 0 Å². The fraction of sp³-hybridized carbons (Fsp3) is 0.878. The molecule has 0 fully saturated rings. The lowest BCUT2D eigenvalue weighted by atomic mass is 10.1. The molecule has 0 amide bonds.